The molecule has 5 nitrogen and oxygen atoms in total. The maximum Gasteiger partial charge on any atom is 0.303 e. The van der Waals surface area contributed by atoms with Gasteiger partial charge in [-0.3, -0.25) is 9.59 Å². The van der Waals surface area contributed by atoms with Crippen molar-refractivity contribution >= 4 is 18.2 Å². The highest BCUT2D eigenvalue weighted by atomic mass is 16.4. The van der Waals surface area contributed by atoms with Gasteiger partial charge in [0.05, 0.1) is 0 Å². The predicted molar refractivity (Wildman–Crippen MR) is 48.2 cm³/mol. The highest BCUT2D eigenvalue weighted by Gasteiger charge is 1.99. The van der Waals surface area contributed by atoms with E-state index < -0.39 is 11.9 Å². The Balaban J connectivity index is 0. The Morgan fingerprint density at radius 1 is 1.15 bits per heavy atom. The smallest absolute Gasteiger partial charge is 0.303 e. The summed E-state index contributed by atoms with van der Waals surface area (Å²) in [6.45, 7) is 1.67. The van der Waals surface area contributed by atoms with Gasteiger partial charge in [0.25, 0.3) is 0 Å². The number of carboxylic acids is 2. The molecule has 76 valence electrons. The molecule has 0 radical (unpaired) electrons. The fraction of sp³-hybridized carbons (Fsp3) is 0.625. The highest BCUT2D eigenvalue weighted by Crippen LogP contribution is 1.98. The van der Waals surface area contributed by atoms with Gasteiger partial charge in [-0.05, 0) is 26.0 Å². The van der Waals surface area contributed by atoms with Gasteiger partial charge in [0.2, 0.25) is 0 Å². The van der Waals surface area contributed by atoms with E-state index in [0.29, 0.717) is 12.8 Å². The Bertz CT molecular complexity index is 152. The van der Waals surface area contributed by atoms with E-state index in [0.717, 1.165) is 0 Å². The zero-order valence-electron chi connectivity index (χ0n) is 7.62. The second-order valence-electron chi connectivity index (χ2n) is 2.28. The number of carboxylic acid groups (broad SMARTS) is 2. The van der Waals surface area contributed by atoms with Crippen molar-refractivity contribution in [1.29, 1.82) is 5.41 Å². The quantitative estimate of drug-likeness (QED) is 0.449. The zero-order chi connectivity index (χ0) is 10.7. The maximum absolute atomic E-state index is 9.90. The van der Waals surface area contributed by atoms with Gasteiger partial charge < -0.3 is 15.6 Å². The molecule has 0 fully saturated rings. The van der Waals surface area contributed by atoms with Crippen molar-refractivity contribution in [2.45, 2.75) is 32.6 Å². The Hall–Kier alpha value is -1.39. The Morgan fingerprint density at radius 2 is 1.38 bits per heavy atom. The van der Waals surface area contributed by atoms with Crippen LogP contribution in [-0.4, -0.2) is 28.4 Å². The lowest BCUT2D eigenvalue weighted by atomic mass is 10.2. The van der Waals surface area contributed by atoms with E-state index in [4.69, 9.17) is 15.6 Å². The zero-order valence-corrected chi connectivity index (χ0v) is 7.62. The van der Waals surface area contributed by atoms with Crippen LogP contribution in [-0.2, 0) is 9.59 Å². The first-order valence-corrected chi connectivity index (χ1v) is 3.93. The molecule has 0 aliphatic rings. The fourth-order valence-electron chi connectivity index (χ4n) is 0.552. The second kappa shape index (κ2) is 10.6. The van der Waals surface area contributed by atoms with Gasteiger partial charge in [0, 0.05) is 12.8 Å². The van der Waals surface area contributed by atoms with E-state index >= 15 is 0 Å². The van der Waals surface area contributed by atoms with Crippen LogP contribution >= 0.6 is 0 Å². The monoisotopic (exact) mass is 189 g/mol. The molecular weight excluding hydrogens is 174 g/mol. The molecule has 0 aromatic carbocycles. The van der Waals surface area contributed by atoms with Crippen LogP contribution < -0.4 is 0 Å². The average Bonchev–Trinajstić information content (AvgIpc) is 1.99. The topological polar surface area (TPSA) is 98.5 Å². The molecule has 0 aliphatic carbocycles. The van der Waals surface area contributed by atoms with Crippen molar-refractivity contribution in [3.8, 4) is 0 Å². The average molecular weight is 189 g/mol. The summed E-state index contributed by atoms with van der Waals surface area (Å²) >= 11 is 0. The van der Waals surface area contributed by atoms with E-state index in [1.54, 1.807) is 6.92 Å². The standard InChI is InChI=1S/C6H10O4.C2H5N/c7-5(8)3-1-2-4-6(9)10;1-2-3/h1-4H2,(H,7,8)(H,9,10);2-3H,1H3. The number of aliphatic carboxylic acids is 2. The number of hydrogen-bond donors (Lipinski definition) is 3. The number of nitrogens with one attached hydrogen (secondary N) is 1. The fourth-order valence-corrected chi connectivity index (χ4v) is 0.552. The van der Waals surface area contributed by atoms with Crippen molar-refractivity contribution in [2.75, 3.05) is 0 Å². The Labute approximate surface area is 76.9 Å². The van der Waals surface area contributed by atoms with Crippen LogP contribution in [0.25, 0.3) is 0 Å². The van der Waals surface area contributed by atoms with Crippen molar-refractivity contribution in [2.24, 2.45) is 0 Å². The molecule has 3 N–H and O–H groups in total. The van der Waals surface area contributed by atoms with Crippen LogP contribution in [0.5, 0.6) is 0 Å². The van der Waals surface area contributed by atoms with Crippen LogP contribution in [0.2, 0.25) is 0 Å². The van der Waals surface area contributed by atoms with Crippen LogP contribution in [0.4, 0.5) is 0 Å². The summed E-state index contributed by atoms with van der Waals surface area (Å²) in [6, 6.07) is 0. The van der Waals surface area contributed by atoms with Gasteiger partial charge in [0.1, 0.15) is 0 Å². The van der Waals surface area contributed by atoms with E-state index in [1.165, 1.54) is 6.21 Å². The summed E-state index contributed by atoms with van der Waals surface area (Å²) < 4.78 is 0. The summed E-state index contributed by atoms with van der Waals surface area (Å²) in [5, 5.41) is 22.3. The van der Waals surface area contributed by atoms with Crippen LogP contribution in [0.15, 0.2) is 0 Å². The second-order valence-corrected chi connectivity index (χ2v) is 2.28. The molecule has 0 saturated carbocycles. The van der Waals surface area contributed by atoms with Gasteiger partial charge >= 0.3 is 11.9 Å². The van der Waals surface area contributed by atoms with Gasteiger partial charge in [-0.2, -0.15) is 0 Å². The van der Waals surface area contributed by atoms with Gasteiger partial charge in [-0.15, -0.1) is 0 Å². The molecule has 0 amide bonds. The third-order valence-electron chi connectivity index (χ3n) is 1.03. The number of unbranched alkanes of at least 4 members (excludes halogenated alkanes) is 1. The lowest BCUT2D eigenvalue weighted by Gasteiger charge is -1.92. The summed E-state index contributed by atoms with van der Waals surface area (Å²) in [6.07, 6.45) is 2.27. The first kappa shape index (κ1) is 14.2. The molecular formula is C8H15NO4. The maximum atomic E-state index is 9.90. The van der Waals surface area contributed by atoms with E-state index in [-0.39, 0.29) is 12.8 Å². The molecule has 13 heavy (non-hydrogen) atoms. The SMILES string of the molecule is CC=N.O=C(O)CCCCC(=O)O. The third-order valence-corrected chi connectivity index (χ3v) is 1.03. The van der Waals surface area contributed by atoms with Crippen LogP contribution in [0.1, 0.15) is 32.6 Å². The van der Waals surface area contributed by atoms with Gasteiger partial charge in [-0.25, -0.2) is 0 Å². The highest BCUT2D eigenvalue weighted by molar-refractivity contribution is 5.67. The first-order valence-electron chi connectivity index (χ1n) is 3.93. The molecule has 0 saturated heterocycles. The Morgan fingerprint density at radius 3 is 1.54 bits per heavy atom. The van der Waals surface area contributed by atoms with Crippen molar-refractivity contribution in [3.63, 3.8) is 0 Å². The minimum absolute atomic E-state index is 0.0628. The van der Waals surface area contributed by atoms with Crippen molar-refractivity contribution in [1.82, 2.24) is 0 Å². The van der Waals surface area contributed by atoms with E-state index in [1.807, 2.05) is 0 Å². The number of hydrogen-bond acceptors (Lipinski definition) is 3. The number of rotatable bonds is 5. The molecule has 0 aliphatic heterocycles. The number of carbonyl (C=O) groups is 2. The molecule has 0 atom stereocenters. The van der Waals surface area contributed by atoms with E-state index in [2.05, 4.69) is 0 Å². The Kier molecular flexibility index (Phi) is 11.6. The van der Waals surface area contributed by atoms with Gasteiger partial charge in [-0.1, -0.05) is 0 Å². The third kappa shape index (κ3) is 25.0. The molecule has 0 unspecified atom stereocenters. The van der Waals surface area contributed by atoms with Crippen molar-refractivity contribution < 1.29 is 19.8 Å². The molecule has 0 aromatic heterocycles. The van der Waals surface area contributed by atoms with E-state index in [9.17, 15) is 9.59 Å². The van der Waals surface area contributed by atoms with Crippen molar-refractivity contribution in [3.05, 3.63) is 0 Å². The minimum Gasteiger partial charge on any atom is -0.481 e. The molecule has 0 heterocycles. The van der Waals surface area contributed by atoms with Crippen LogP contribution in [0, 0.1) is 5.41 Å². The molecule has 5 heteroatoms. The normalized spacial score (nSPS) is 8.08. The molecule has 0 bridgehead atoms. The summed E-state index contributed by atoms with van der Waals surface area (Å²) in [5.41, 5.74) is 0. The summed E-state index contributed by atoms with van der Waals surface area (Å²) in [7, 11) is 0. The minimum atomic E-state index is -0.870. The predicted octanol–water partition coefficient (Wildman–Crippen LogP) is 1.37. The van der Waals surface area contributed by atoms with Crippen LogP contribution in [0.3, 0.4) is 0 Å². The van der Waals surface area contributed by atoms with Gasteiger partial charge in [0.15, 0.2) is 0 Å². The molecule has 0 rings (SSSR count). The largest absolute Gasteiger partial charge is 0.481 e. The lowest BCUT2D eigenvalue weighted by Crippen LogP contribution is -1.97. The first-order chi connectivity index (χ1) is 6.04. The lowest BCUT2D eigenvalue weighted by molar-refractivity contribution is -0.139. The summed E-state index contributed by atoms with van der Waals surface area (Å²) in [5.74, 6) is -1.74. The molecule has 0 spiro atoms. The molecule has 0 aromatic rings. The summed E-state index contributed by atoms with van der Waals surface area (Å²) in [4.78, 5) is 19.8.